The Morgan fingerprint density at radius 1 is 1.18 bits per heavy atom. The van der Waals surface area contributed by atoms with Gasteiger partial charge in [0.25, 0.3) is 0 Å². The van der Waals surface area contributed by atoms with Gasteiger partial charge in [0.15, 0.2) is 0 Å². The monoisotopic (exact) mass is 333 g/mol. The molecule has 0 spiro atoms. The molecule has 0 bridgehead atoms. The highest BCUT2D eigenvalue weighted by Gasteiger charge is 2.06. The number of nitrogens with zero attached hydrogens (tertiary/aromatic N) is 3. The third-order valence-electron chi connectivity index (χ3n) is 1.80. The van der Waals surface area contributed by atoms with E-state index in [0.29, 0.717) is 10.7 Å². The van der Waals surface area contributed by atoms with E-state index in [-0.39, 0.29) is 17.2 Å². The van der Waals surface area contributed by atoms with E-state index in [2.05, 4.69) is 36.2 Å². The van der Waals surface area contributed by atoms with E-state index in [9.17, 15) is 0 Å². The maximum absolute atomic E-state index is 5.88. The summed E-state index contributed by atoms with van der Waals surface area (Å²) in [5.74, 6) is 0.302. The first-order valence-corrected chi connectivity index (χ1v) is 5.98. The maximum Gasteiger partial charge on any atom is 0.233 e. The lowest BCUT2D eigenvalue weighted by molar-refractivity contribution is 1.07. The molecule has 0 fully saturated rings. The van der Waals surface area contributed by atoms with Crippen LogP contribution in [0.1, 0.15) is 0 Å². The Labute approximate surface area is 116 Å². The molecule has 0 unspecified atom stereocenters. The van der Waals surface area contributed by atoms with Gasteiger partial charge in [-0.2, -0.15) is 15.0 Å². The van der Waals surface area contributed by atoms with Crippen LogP contribution in [0.25, 0.3) is 0 Å². The van der Waals surface area contributed by atoms with Crippen molar-refractivity contribution < 1.29 is 0 Å². The molecule has 2 rings (SSSR count). The van der Waals surface area contributed by atoms with Crippen LogP contribution in [0.3, 0.4) is 0 Å². The van der Waals surface area contributed by atoms with Gasteiger partial charge in [-0.25, -0.2) is 0 Å². The molecule has 2 aromatic rings. The third kappa shape index (κ3) is 3.18. The van der Waals surface area contributed by atoms with Gasteiger partial charge in [-0.05, 0) is 45.7 Å². The number of halogens is 3. The van der Waals surface area contributed by atoms with Crippen LogP contribution >= 0.6 is 39.1 Å². The van der Waals surface area contributed by atoms with Gasteiger partial charge >= 0.3 is 0 Å². The quantitative estimate of drug-likeness (QED) is 0.881. The average Bonchev–Trinajstić information content (AvgIpc) is 2.22. The lowest BCUT2D eigenvalue weighted by atomic mass is 10.3. The maximum atomic E-state index is 5.88. The van der Waals surface area contributed by atoms with Crippen molar-refractivity contribution >= 4 is 56.7 Å². The molecular formula is C9H6BrCl2N5. The second-order valence-corrected chi connectivity index (χ2v) is 4.66. The Bertz CT molecular complexity index is 543. The molecule has 88 valence electrons. The summed E-state index contributed by atoms with van der Waals surface area (Å²) in [6.07, 6.45) is 0. The van der Waals surface area contributed by atoms with Crippen molar-refractivity contribution in [3.05, 3.63) is 33.0 Å². The average molecular weight is 335 g/mol. The number of hydrogen-bond acceptors (Lipinski definition) is 5. The zero-order chi connectivity index (χ0) is 12.4. The molecule has 1 heterocycles. The standard InChI is InChI=1S/C9H6BrCl2N5/c10-5-2-1-4(11)3-6(5)14-9-16-7(12)15-8(13)17-9/h1-3H,(H3,13,14,15,16,17). The summed E-state index contributed by atoms with van der Waals surface area (Å²) in [6.45, 7) is 0. The molecule has 0 atom stereocenters. The van der Waals surface area contributed by atoms with Crippen molar-refractivity contribution in [3.8, 4) is 0 Å². The van der Waals surface area contributed by atoms with Gasteiger partial charge < -0.3 is 11.1 Å². The molecule has 5 nitrogen and oxygen atoms in total. The molecule has 17 heavy (non-hydrogen) atoms. The summed E-state index contributed by atoms with van der Waals surface area (Å²) in [6, 6.07) is 5.28. The topological polar surface area (TPSA) is 76.7 Å². The molecule has 1 aromatic heterocycles. The van der Waals surface area contributed by atoms with Crippen LogP contribution in [0.15, 0.2) is 22.7 Å². The van der Waals surface area contributed by atoms with Crippen molar-refractivity contribution in [2.24, 2.45) is 0 Å². The zero-order valence-electron chi connectivity index (χ0n) is 8.28. The Morgan fingerprint density at radius 2 is 1.94 bits per heavy atom. The van der Waals surface area contributed by atoms with Crippen LogP contribution in [-0.4, -0.2) is 15.0 Å². The van der Waals surface area contributed by atoms with Gasteiger partial charge in [-0.3, -0.25) is 0 Å². The lowest BCUT2D eigenvalue weighted by Gasteiger charge is -2.07. The van der Waals surface area contributed by atoms with E-state index in [4.69, 9.17) is 28.9 Å². The fourth-order valence-electron chi connectivity index (χ4n) is 1.14. The number of benzene rings is 1. The van der Waals surface area contributed by atoms with Crippen molar-refractivity contribution in [2.75, 3.05) is 11.1 Å². The molecule has 1 aromatic carbocycles. The highest BCUT2D eigenvalue weighted by Crippen LogP contribution is 2.27. The summed E-state index contributed by atoms with van der Waals surface area (Å²) in [7, 11) is 0. The molecular weight excluding hydrogens is 329 g/mol. The van der Waals surface area contributed by atoms with Crippen LogP contribution in [-0.2, 0) is 0 Å². The second-order valence-electron chi connectivity index (χ2n) is 3.04. The molecule has 0 aliphatic rings. The number of anilines is 3. The first-order chi connectivity index (χ1) is 8.04. The van der Waals surface area contributed by atoms with Gasteiger partial charge in [0.05, 0.1) is 5.69 Å². The van der Waals surface area contributed by atoms with E-state index in [0.717, 1.165) is 4.47 Å². The minimum Gasteiger partial charge on any atom is -0.368 e. The highest BCUT2D eigenvalue weighted by atomic mass is 79.9. The van der Waals surface area contributed by atoms with E-state index < -0.39 is 0 Å². The molecule has 0 radical (unpaired) electrons. The van der Waals surface area contributed by atoms with Crippen LogP contribution < -0.4 is 11.1 Å². The molecule has 3 N–H and O–H groups in total. The van der Waals surface area contributed by atoms with Crippen molar-refractivity contribution in [2.45, 2.75) is 0 Å². The smallest absolute Gasteiger partial charge is 0.233 e. The summed E-state index contributed by atoms with van der Waals surface area (Å²) >= 11 is 14.9. The Morgan fingerprint density at radius 3 is 2.65 bits per heavy atom. The number of nitrogens with two attached hydrogens (primary N) is 1. The predicted octanol–water partition coefficient (Wildman–Crippen LogP) is 3.27. The number of aromatic nitrogens is 3. The van der Waals surface area contributed by atoms with E-state index in [1.807, 2.05) is 0 Å². The Hall–Kier alpha value is -1.11. The molecule has 0 amide bonds. The molecule has 0 saturated carbocycles. The Balaban J connectivity index is 2.34. The third-order valence-corrected chi connectivity index (χ3v) is 2.90. The lowest BCUT2D eigenvalue weighted by Crippen LogP contribution is -2.03. The summed E-state index contributed by atoms with van der Waals surface area (Å²) in [5, 5.41) is 3.55. The second kappa shape index (κ2) is 5.03. The van der Waals surface area contributed by atoms with Crippen LogP contribution in [0.4, 0.5) is 17.6 Å². The zero-order valence-corrected chi connectivity index (χ0v) is 11.4. The SMILES string of the molecule is Nc1nc(Cl)nc(Nc2cc(Cl)ccc2Br)n1. The summed E-state index contributed by atoms with van der Waals surface area (Å²) < 4.78 is 0.817. The van der Waals surface area contributed by atoms with Gasteiger partial charge in [0, 0.05) is 9.50 Å². The van der Waals surface area contributed by atoms with Crippen LogP contribution in [0.5, 0.6) is 0 Å². The summed E-state index contributed by atoms with van der Waals surface area (Å²) in [4.78, 5) is 11.4. The molecule has 0 saturated heterocycles. The van der Waals surface area contributed by atoms with Crippen LogP contribution in [0.2, 0.25) is 10.3 Å². The van der Waals surface area contributed by atoms with Crippen molar-refractivity contribution in [1.82, 2.24) is 15.0 Å². The first-order valence-electron chi connectivity index (χ1n) is 4.44. The number of nitrogens with one attached hydrogen (secondary N) is 1. The minimum atomic E-state index is 0.0261. The number of hydrogen-bond donors (Lipinski definition) is 2. The van der Waals surface area contributed by atoms with Crippen molar-refractivity contribution in [1.29, 1.82) is 0 Å². The normalized spacial score (nSPS) is 10.3. The fraction of sp³-hybridized carbons (Fsp3) is 0. The molecule has 0 aliphatic carbocycles. The molecule has 8 heteroatoms. The molecule has 0 aliphatic heterocycles. The predicted molar refractivity (Wildman–Crippen MR) is 71.7 cm³/mol. The Kier molecular flexibility index (Phi) is 3.66. The minimum absolute atomic E-state index is 0.0261. The first kappa shape index (κ1) is 12.3. The van der Waals surface area contributed by atoms with Gasteiger partial charge in [-0.15, -0.1) is 0 Å². The van der Waals surface area contributed by atoms with E-state index in [1.165, 1.54) is 0 Å². The van der Waals surface area contributed by atoms with Gasteiger partial charge in [0.1, 0.15) is 0 Å². The van der Waals surface area contributed by atoms with Gasteiger partial charge in [0.2, 0.25) is 17.2 Å². The van der Waals surface area contributed by atoms with Crippen LogP contribution in [0, 0.1) is 0 Å². The number of rotatable bonds is 2. The summed E-state index contributed by atoms with van der Waals surface area (Å²) in [5.41, 5.74) is 6.16. The highest BCUT2D eigenvalue weighted by molar-refractivity contribution is 9.10. The van der Waals surface area contributed by atoms with Gasteiger partial charge in [-0.1, -0.05) is 11.6 Å². The van der Waals surface area contributed by atoms with E-state index in [1.54, 1.807) is 18.2 Å². The van der Waals surface area contributed by atoms with E-state index >= 15 is 0 Å². The van der Waals surface area contributed by atoms with Crippen molar-refractivity contribution in [3.63, 3.8) is 0 Å². The largest absolute Gasteiger partial charge is 0.368 e. The number of nitrogen functional groups attached to an aromatic ring is 1. The fourth-order valence-corrected chi connectivity index (χ4v) is 1.82.